The standard InChI is InChI=1S/C10H14N2O2/c1-7-2-3-12-5-9(7)10-13-6-8(4-11)14-10/h2-3,5,8,10H,4,6,11H2,1H3. The van der Waals surface area contributed by atoms with Gasteiger partial charge < -0.3 is 15.2 Å². The van der Waals surface area contributed by atoms with Crippen molar-refractivity contribution in [2.24, 2.45) is 5.73 Å². The maximum absolute atomic E-state index is 5.59. The fourth-order valence-electron chi connectivity index (χ4n) is 1.46. The van der Waals surface area contributed by atoms with Gasteiger partial charge in [0.2, 0.25) is 0 Å². The van der Waals surface area contributed by atoms with Gasteiger partial charge in [0.05, 0.1) is 12.7 Å². The molecule has 1 saturated heterocycles. The number of aryl methyl sites for hydroxylation is 1. The van der Waals surface area contributed by atoms with Gasteiger partial charge in [-0.2, -0.15) is 0 Å². The highest BCUT2D eigenvalue weighted by Gasteiger charge is 2.27. The Hall–Kier alpha value is -0.970. The molecule has 2 unspecified atom stereocenters. The third-order valence-corrected chi connectivity index (χ3v) is 2.35. The van der Waals surface area contributed by atoms with Crippen molar-refractivity contribution in [3.05, 3.63) is 29.6 Å². The van der Waals surface area contributed by atoms with Crippen LogP contribution in [0.15, 0.2) is 18.5 Å². The van der Waals surface area contributed by atoms with Crippen molar-refractivity contribution in [2.75, 3.05) is 13.2 Å². The van der Waals surface area contributed by atoms with Crippen LogP contribution in [0.25, 0.3) is 0 Å². The van der Waals surface area contributed by atoms with Gasteiger partial charge in [0.1, 0.15) is 0 Å². The molecule has 2 rings (SSSR count). The van der Waals surface area contributed by atoms with Gasteiger partial charge in [-0.25, -0.2) is 0 Å². The normalized spacial score (nSPS) is 26.7. The van der Waals surface area contributed by atoms with Crippen molar-refractivity contribution in [1.82, 2.24) is 4.98 Å². The monoisotopic (exact) mass is 194 g/mol. The Morgan fingerprint density at radius 2 is 2.50 bits per heavy atom. The van der Waals surface area contributed by atoms with Crippen molar-refractivity contribution >= 4 is 0 Å². The second-order valence-electron chi connectivity index (χ2n) is 3.39. The third-order valence-electron chi connectivity index (χ3n) is 2.35. The molecule has 0 saturated carbocycles. The van der Waals surface area contributed by atoms with Crippen molar-refractivity contribution in [3.63, 3.8) is 0 Å². The van der Waals surface area contributed by atoms with Crippen molar-refractivity contribution < 1.29 is 9.47 Å². The Bertz CT molecular complexity index is 317. The minimum Gasteiger partial charge on any atom is -0.346 e. The molecular formula is C10H14N2O2. The molecule has 1 aliphatic rings. The first-order valence-electron chi connectivity index (χ1n) is 4.69. The first-order chi connectivity index (χ1) is 6.81. The Kier molecular flexibility index (Phi) is 2.77. The first-order valence-corrected chi connectivity index (χ1v) is 4.69. The molecule has 1 aromatic heterocycles. The molecule has 4 nitrogen and oxygen atoms in total. The Balaban J connectivity index is 2.13. The summed E-state index contributed by atoms with van der Waals surface area (Å²) >= 11 is 0. The summed E-state index contributed by atoms with van der Waals surface area (Å²) in [5.74, 6) is 0. The van der Waals surface area contributed by atoms with E-state index in [0.717, 1.165) is 11.1 Å². The lowest BCUT2D eigenvalue weighted by Crippen LogP contribution is -2.21. The number of nitrogens with two attached hydrogens (primary N) is 1. The fraction of sp³-hybridized carbons (Fsp3) is 0.500. The molecule has 0 aromatic carbocycles. The second kappa shape index (κ2) is 4.04. The number of hydrogen-bond acceptors (Lipinski definition) is 4. The van der Waals surface area contributed by atoms with E-state index in [1.807, 2.05) is 13.0 Å². The molecule has 0 spiro atoms. The lowest BCUT2D eigenvalue weighted by atomic mass is 10.1. The van der Waals surface area contributed by atoms with Crippen LogP contribution in [-0.4, -0.2) is 24.2 Å². The molecule has 0 radical (unpaired) electrons. The number of ether oxygens (including phenoxy) is 2. The van der Waals surface area contributed by atoms with E-state index in [-0.39, 0.29) is 12.4 Å². The van der Waals surface area contributed by atoms with Crippen molar-refractivity contribution in [1.29, 1.82) is 0 Å². The van der Waals surface area contributed by atoms with Gasteiger partial charge in [-0.05, 0) is 18.6 Å². The van der Waals surface area contributed by atoms with Gasteiger partial charge in [0, 0.05) is 24.5 Å². The molecule has 0 amide bonds. The van der Waals surface area contributed by atoms with E-state index in [1.54, 1.807) is 12.4 Å². The highest BCUT2D eigenvalue weighted by Crippen LogP contribution is 2.27. The van der Waals surface area contributed by atoms with Crippen LogP contribution in [0.3, 0.4) is 0 Å². The van der Waals surface area contributed by atoms with Crippen LogP contribution < -0.4 is 5.73 Å². The molecule has 2 atom stereocenters. The number of aromatic nitrogens is 1. The topological polar surface area (TPSA) is 57.4 Å². The summed E-state index contributed by atoms with van der Waals surface area (Å²) < 4.78 is 11.1. The molecule has 0 bridgehead atoms. The van der Waals surface area contributed by atoms with E-state index in [9.17, 15) is 0 Å². The van der Waals surface area contributed by atoms with Gasteiger partial charge in [-0.15, -0.1) is 0 Å². The molecule has 14 heavy (non-hydrogen) atoms. The molecule has 0 aliphatic carbocycles. The number of nitrogens with zero attached hydrogens (tertiary/aromatic N) is 1. The Morgan fingerprint density at radius 3 is 3.14 bits per heavy atom. The number of hydrogen-bond donors (Lipinski definition) is 1. The van der Waals surface area contributed by atoms with Gasteiger partial charge >= 0.3 is 0 Å². The van der Waals surface area contributed by atoms with Gasteiger partial charge in [0.25, 0.3) is 0 Å². The van der Waals surface area contributed by atoms with Crippen LogP contribution in [0.5, 0.6) is 0 Å². The zero-order chi connectivity index (χ0) is 9.97. The Morgan fingerprint density at radius 1 is 1.64 bits per heavy atom. The van der Waals surface area contributed by atoms with E-state index in [2.05, 4.69) is 4.98 Å². The van der Waals surface area contributed by atoms with Crippen LogP contribution in [-0.2, 0) is 9.47 Å². The predicted molar refractivity (Wildman–Crippen MR) is 51.6 cm³/mol. The molecule has 1 aromatic rings. The number of pyridine rings is 1. The van der Waals surface area contributed by atoms with E-state index >= 15 is 0 Å². The molecule has 4 heteroatoms. The first kappa shape index (κ1) is 9.58. The van der Waals surface area contributed by atoms with Crippen LogP contribution in [0.2, 0.25) is 0 Å². The SMILES string of the molecule is Cc1ccncc1C1OCC(CN)O1. The Labute approximate surface area is 83.0 Å². The van der Waals surface area contributed by atoms with Gasteiger partial charge in [-0.3, -0.25) is 4.98 Å². The van der Waals surface area contributed by atoms with Gasteiger partial charge in [-0.1, -0.05) is 0 Å². The summed E-state index contributed by atoms with van der Waals surface area (Å²) in [6.07, 6.45) is 3.25. The maximum atomic E-state index is 5.59. The maximum Gasteiger partial charge on any atom is 0.186 e. The summed E-state index contributed by atoms with van der Waals surface area (Å²) in [6, 6.07) is 1.94. The van der Waals surface area contributed by atoms with Crippen LogP contribution >= 0.6 is 0 Å². The summed E-state index contributed by atoms with van der Waals surface area (Å²) in [4.78, 5) is 4.05. The van der Waals surface area contributed by atoms with E-state index < -0.39 is 0 Å². The quantitative estimate of drug-likeness (QED) is 0.755. The van der Waals surface area contributed by atoms with E-state index in [1.165, 1.54) is 0 Å². The second-order valence-corrected chi connectivity index (χ2v) is 3.39. The van der Waals surface area contributed by atoms with Crippen molar-refractivity contribution in [2.45, 2.75) is 19.3 Å². The average Bonchev–Trinajstić information content (AvgIpc) is 2.67. The molecule has 2 heterocycles. The molecular weight excluding hydrogens is 180 g/mol. The van der Waals surface area contributed by atoms with E-state index in [0.29, 0.717) is 13.2 Å². The number of rotatable bonds is 2. The smallest absolute Gasteiger partial charge is 0.186 e. The summed E-state index contributed by atoms with van der Waals surface area (Å²) in [5, 5.41) is 0. The predicted octanol–water partition coefficient (Wildman–Crippen LogP) is 0.763. The molecule has 1 fully saturated rings. The summed E-state index contributed by atoms with van der Waals surface area (Å²) in [7, 11) is 0. The summed E-state index contributed by atoms with van der Waals surface area (Å²) in [5.41, 5.74) is 7.61. The zero-order valence-electron chi connectivity index (χ0n) is 8.14. The van der Waals surface area contributed by atoms with Crippen LogP contribution in [0, 0.1) is 6.92 Å². The lowest BCUT2D eigenvalue weighted by molar-refractivity contribution is -0.0591. The molecule has 1 aliphatic heterocycles. The largest absolute Gasteiger partial charge is 0.346 e. The lowest BCUT2D eigenvalue weighted by Gasteiger charge is -2.12. The van der Waals surface area contributed by atoms with Crippen molar-refractivity contribution in [3.8, 4) is 0 Å². The van der Waals surface area contributed by atoms with Crippen LogP contribution in [0.4, 0.5) is 0 Å². The fourth-order valence-corrected chi connectivity index (χ4v) is 1.46. The highest BCUT2D eigenvalue weighted by atomic mass is 16.7. The average molecular weight is 194 g/mol. The molecule has 76 valence electrons. The molecule has 2 N–H and O–H groups in total. The minimum atomic E-state index is -0.294. The van der Waals surface area contributed by atoms with Crippen LogP contribution in [0.1, 0.15) is 17.4 Å². The third kappa shape index (κ3) is 1.77. The summed E-state index contributed by atoms with van der Waals surface area (Å²) in [6.45, 7) is 3.07. The van der Waals surface area contributed by atoms with Gasteiger partial charge in [0.15, 0.2) is 6.29 Å². The minimum absolute atomic E-state index is 0.0135. The zero-order valence-corrected chi connectivity index (χ0v) is 8.14. The van der Waals surface area contributed by atoms with E-state index in [4.69, 9.17) is 15.2 Å². The highest BCUT2D eigenvalue weighted by molar-refractivity contribution is 5.23.